The van der Waals surface area contributed by atoms with Crippen molar-refractivity contribution in [2.45, 2.75) is 32.5 Å². The summed E-state index contributed by atoms with van der Waals surface area (Å²) in [5, 5.41) is 11.7. The highest BCUT2D eigenvalue weighted by Gasteiger charge is 2.24. The van der Waals surface area contributed by atoms with E-state index in [9.17, 15) is 4.79 Å². The molecular formula is C22H25N5O4. The molecule has 1 N–H and O–H groups in total. The Morgan fingerprint density at radius 3 is 2.84 bits per heavy atom. The molecule has 1 aromatic carbocycles. The van der Waals surface area contributed by atoms with E-state index in [2.05, 4.69) is 37.1 Å². The van der Waals surface area contributed by atoms with Crippen LogP contribution < -0.4 is 14.8 Å². The van der Waals surface area contributed by atoms with Crippen LogP contribution in [0.15, 0.2) is 41.0 Å². The number of aromatic nitrogens is 3. The number of nitrogens with one attached hydrogen (secondary N) is 1. The molecule has 9 nitrogen and oxygen atoms in total. The van der Waals surface area contributed by atoms with Gasteiger partial charge in [0, 0.05) is 32.6 Å². The lowest BCUT2D eigenvalue weighted by atomic mass is 10.1. The first kappa shape index (κ1) is 19.6. The maximum atomic E-state index is 12.3. The summed E-state index contributed by atoms with van der Waals surface area (Å²) in [6.07, 6.45) is 2.29. The van der Waals surface area contributed by atoms with E-state index in [4.69, 9.17) is 13.9 Å². The van der Waals surface area contributed by atoms with Crippen molar-refractivity contribution in [1.82, 2.24) is 25.0 Å². The van der Waals surface area contributed by atoms with Gasteiger partial charge in [-0.1, -0.05) is 6.07 Å². The van der Waals surface area contributed by atoms with Gasteiger partial charge in [-0.15, -0.1) is 10.2 Å². The fourth-order valence-electron chi connectivity index (χ4n) is 4.05. The van der Waals surface area contributed by atoms with Gasteiger partial charge in [-0.2, -0.15) is 0 Å². The van der Waals surface area contributed by atoms with Crippen LogP contribution in [0.2, 0.25) is 0 Å². The highest BCUT2D eigenvalue weighted by atomic mass is 16.6. The molecule has 1 unspecified atom stereocenters. The molecule has 4 heterocycles. The summed E-state index contributed by atoms with van der Waals surface area (Å²) in [5.74, 6) is 3.36. The molecule has 0 bridgehead atoms. The van der Waals surface area contributed by atoms with Crippen molar-refractivity contribution < 1.29 is 18.7 Å². The molecule has 0 radical (unpaired) electrons. The van der Waals surface area contributed by atoms with Gasteiger partial charge < -0.3 is 23.8 Å². The molecular weight excluding hydrogens is 398 g/mol. The van der Waals surface area contributed by atoms with Crippen molar-refractivity contribution in [3.05, 3.63) is 59.6 Å². The van der Waals surface area contributed by atoms with Gasteiger partial charge in [-0.3, -0.25) is 9.69 Å². The van der Waals surface area contributed by atoms with E-state index < -0.39 is 0 Å². The Hall–Kier alpha value is -3.33. The van der Waals surface area contributed by atoms with Gasteiger partial charge in [0.15, 0.2) is 23.1 Å². The Balaban J connectivity index is 1.24. The van der Waals surface area contributed by atoms with Crippen LogP contribution in [0.4, 0.5) is 0 Å². The lowest BCUT2D eigenvalue weighted by Crippen LogP contribution is -2.30. The third-order valence-electron chi connectivity index (χ3n) is 5.64. The van der Waals surface area contributed by atoms with Crippen molar-refractivity contribution >= 4 is 5.91 Å². The molecule has 5 rings (SSSR count). The minimum Gasteiger partial charge on any atom is -0.486 e. The molecule has 0 aliphatic carbocycles. The molecule has 31 heavy (non-hydrogen) atoms. The number of hydrogen-bond donors (Lipinski definition) is 1. The van der Waals surface area contributed by atoms with Crippen LogP contribution in [0.1, 0.15) is 40.7 Å². The van der Waals surface area contributed by atoms with E-state index in [1.165, 1.54) is 11.8 Å². The van der Waals surface area contributed by atoms with Gasteiger partial charge >= 0.3 is 0 Å². The number of hydrogen-bond acceptors (Lipinski definition) is 7. The third-order valence-corrected chi connectivity index (χ3v) is 5.64. The van der Waals surface area contributed by atoms with Gasteiger partial charge in [-0.25, -0.2) is 0 Å². The maximum absolute atomic E-state index is 12.3. The van der Waals surface area contributed by atoms with Crippen molar-refractivity contribution in [2.75, 3.05) is 26.3 Å². The molecule has 1 atom stereocenters. The molecule has 0 saturated carbocycles. The number of carbonyl (C=O) groups excluding carboxylic acids is 1. The smallest absolute Gasteiger partial charge is 0.287 e. The summed E-state index contributed by atoms with van der Waals surface area (Å²) in [5.41, 5.74) is 1.20. The highest BCUT2D eigenvalue weighted by molar-refractivity contribution is 5.91. The van der Waals surface area contributed by atoms with E-state index >= 15 is 0 Å². The van der Waals surface area contributed by atoms with Gasteiger partial charge in [0.25, 0.3) is 5.91 Å². The van der Waals surface area contributed by atoms with E-state index in [1.54, 1.807) is 12.1 Å². The molecule has 2 aromatic heterocycles. The topological polar surface area (TPSA) is 94.7 Å². The minimum absolute atomic E-state index is 0.260. The van der Waals surface area contributed by atoms with Crippen LogP contribution in [0.3, 0.4) is 0 Å². The number of amides is 1. The monoisotopic (exact) mass is 423 g/mol. The normalized spacial score (nSPS) is 16.9. The van der Waals surface area contributed by atoms with Crippen LogP contribution in [0.25, 0.3) is 0 Å². The Morgan fingerprint density at radius 2 is 2.00 bits per heavy atom. The molecule has 2 aliphatic rings. The zero-order valence-electron chi connectivity index (χ0n) is 17.4. The SMILES string of the molecule is CC(NC(=O)c1ccco1)c1nnc2n1CCN(Cc1ccc3c(c1)OCCO3)CC2. The average Bonchev–Trinajstić information content (AvgIpc) is 3.42. The Kier molecular flexibility index (Phi) is 5.33. The van der Waals surface area contributed by atoms with Crippen LogP contribution in [-0.2, 0) is 19.5 Å². The number of rotatable bonds is 5. The van der Waals surface area contributed by atoms with Crippen molar-refractivity contribution in [3.63, 3.8) is 0 Å². The summed E-state index contributed by atoms with van der Waals surface area (Å²) >= 11 is 0. The van der Waals surface area contributed by atoms with Crippen LogP contribution >= 0.6 is 0 Å². The number of benzene rings is 1. The minimum atomic E-state index is -0.275. The number of nitrogens with zero attached hydrogens (tertiary/aromatic N) is 4. The summed E-state index contributed by atoms with van der Waals surface area (Å²) in [6, 6.07) is 9.20. The number of ether oxygens (including phenoxy) is 2. The van der Waals surface area contributed by atoms with Gasteiger partial charge in [0.1, 0.15) is 19.0 Å². The molecule has 0 spiro atoms. The predicted octanol–water partition coefficient (Wildman–Crippen LogP) is 2.19. The lowest BCUT2D eigenvalue weighted by Gasteiger charge is -2.22. The van der Waals surface area contributed by atoms with E-state index in [-0.39, 0.29) is 17.7 Å². The van der Waals surface area contributed by atoms with E-state index in [0.717, 1.165) is 55.7 Å². The number of furan rings is 1. The third kappa shape index (κ3) is 4.13. The van der Waals surface area contributed by atoms with Gasteiger partial charge in [0.2, 0.25) is 0 Å². The van der Waals surface area contributed by atoms with Crippen LogP contribution in [-0.4, -0.2) is 51.9 Å². The molecule has 0 saturated heterocycles. The summed E-state index contributed by atoms with van der Waals surface area (Å²) in [7, 11) is 0. The number of carbonyl (C=O) groups is 1. The fraction of sp³-hybridized carbons (Fsp3) is 0.409. The Morgan fingerprint density at radius 1 is 1.13 bits per heavy atom. The molecule has 1 amide bonds. The van der Waals surface area contributed by atoms with Crippen molar-refractivity contribution in [3.8, 4) is 11.5 Å². The standard InChI is InChI=1S/C22H25N5O4/c1-15(23-22(28)18-3-2-10-29-18)21-25-24-20-6-7-26(8-9-27(20)21)14-16-4-5-17-19(13-16)31-12-11-30-17/h2-5,10,13,15H,6-9,11-12,14H2,1H3,(H,23,28). The summed E-state index contributed by atoms with van der Waals surface area (Å²) in [6.45, 7) is 6.45. The van der Waals surface area contributed by atoms with Crippen molar-refractivity contribution in [1.29, 1.82) is 0 Å². The molecule has 3 aromatic rings. The Labute approximate surface area is 180 Å². The fourth-order valence-corrected chi connectivity index (χ4v) is 4.05. The molecule has 162 valence electrons. The first-order valence-corrected chi connectivity index (χ1v) is 10.5. The zero-order valence-corrected chi connectivity index (χ0v) is 17.4. The van der Waals surface area contributed by atoms with Gasteiger partial charge in [0.05, 0.1) is 12.3 Å². The predicted molar refractivity (Wildman–Crippen MR) is 111 cm³/mol. The quantitative estimate of drug-likeness (QED) is 0.672. The second-order valence-electron chi connectivity index (χ2n) is 7.80. The molecule has 0 fully saturated rings. The number of fused-ring (bicyclic) bond motifs is 2. The van der Waals surface area contributed by atoms with Crippen molar-refractivity contribution in [2.24, 2.45) is 0 Å². The summed E-state index contributed by atoms with van der Waals surface area (Å²) in [4.78, 5) is 14.7. The molecule has 2 aliphatic heterocycles. The lowest BCUT2D eigenvalue weighted by molar-refractivity contribution is 0.0909. The van der Waals surface area contributed by atoms with E-state index in [0.29, 0.717) is 13.2 Å². The first-order chi connectivity index (χ1) is 15.2. The van der Waals surface area contributed by atoms with E-state index in [1.807, 2.05) is 13.0 Å². The first-order valence-electron chi connectivity index (χ1n) is 10.5. The largest absolute Gasteiger partial charge is 0.486 e. The average molecular weight is 423 g/mol. The van der Waals surface area contributed by atoms with Crippen LogP contribution in [0, 0.1) is 0 Å². The van der Waals surface area contributed by atoms with Crippen LogP contribution in [0.5, 0.6) is 11.5 Å². The Bertz CT molecular complexity index is 1060. The molecule has 9 heteroatoms. The summed E-state index contributed by atoms with van der Waals surface area (Å²) < 4.78 is 18.6. The second kappa shape index (κ2) is 8.43. The highest BCUT2D eigenvalue weighted by Crippen LogP contribution is 2.31. The second-order valence-corrected chi connectivity index (χ2v) is 7.80. The maximum Gasteiger partial charge on any atom is 0.287 e. The van der Waals surface area contributed by atoms with Gasteiger partial charge in [-0.05, 0) is 36.8 Å². The zero-order chi connectivity index (χ0) is 21.2.